The standard InChI is InChI=1S/C11H26O6P2/c1-10(2,3)14-9-15-18(7,12)17-19(8,13)16-11(4,5)6/h9H2,1-8H3. The summed E-state index contributed by atoms with van der Waals surface area (Å²) in [5.41, 5.74) is -1.08. The molecule has 0 saturated heterocycles. The molecule has 0 radical (unpaired) electrons. The van der Waals surface area contributed by atoms with E-state index >= 15 is 0 Å². The van der Waals surface area contributed by atoms with Gasteiger partial charge in [0, 0.05) is 13.3 Å². The van der Waals surface area contributed by atoms with Gasteiger partial charge in [-0.2, -0.15) is 0 Å². The van der Waals surface area contributed by atoms with Gasteiger partial charge < -0.3 is 9.26 Å². The molecule has 0 aliphatic rings. The zero-order valence-electron chi connectivity index (χ0n) is 13.1. The van der Waals surface area contributed by atoms with Crippen molar-refractivity contribution in [1.29, 1.82) is 0 Å². The van der Waals surface area contributed by atoms with Crippen LogP contribution in [-0.2, 0) is 27.2 Å². The van der Waals surface area contributed by atoms with Crippen molar-refractivity contribution in [1.82, 2.24) is 0 Å². The van der Waals surface area contributed by atoms with Crippen molar-refractivity contribution in [3.8, 4) is 0 Å². The molecule has 0 rings (SSSR count). The largest absolute Gasteiger partial charge is 0.349 e. The lowest BCUT2D eigenvalue weighted by molar-refractivity contribution is -0.0779. The van der Waals surface area contributed by atoms with Gasteiger partial charge in [0.1, 0.15) is 0 Å². The van der Waals surface area contributed by atoms with E-state index in [4.69, 9.17) is 18.1 Å². The molecule has 116 valence electrons. The molecule has 6 nitrogen and oxygen atoms in total. The fourth-order valence-electron chi connectivity index (χ4n) is 1.11. The first-order valence-electron chi connectivity index (χ1n) is 5.98. The van der Waals surface area contributed by atoms with Gasteiger partial charge in [-0.15, -0.1) is 0 Å². The molecule has 2 atom stereocenters. The van der Waals surface area contributed by atoms with Gasteiger partial charge in [-0.25, -0.2) is 4.31 Å². The first-order chi connectivity index (χ1) is 8.12. The van der Waals surface area contributed by atoms with E-state index in [0.717, 1.165) is 0 Å². The molecule has 0 bridgehead atoms. The molecule has 0 fully saturated rings. The van der Waals surface area contributed by atoms with E-state index < -0.39 is 26.4 Å². The molecule has 8 heteroatoms. The molecule has 0 aliphatic heterocycles. The van der Waals surface area contributed by atoms with E-state index in [2.05, 4.69) is 0 Å². The van der Waals surface area contributed by atoms with Crippen molar-refractivity contribution in [2.45, 2.75) is 52.7 Å². The van der Waals surface area contributed by atoms with Crippen molar-refractivity contribution in [3.05, 3.63) is 0 Å². The Morgan fingerprint density at radius 1 is 0.842 bits per heavy atom. The Morgan fingerprint density at radius 3 is 1.68 bits per heavy atom. The highest BCUT2D eigenvalue weighted by molar-refractivity contribution is 7.66. The second-order valence-electron chi connectivity index (χ2n) is 6.33. The van der Waals surface area contributed by atoms with Crippen LogP contribution in [0.4, 0.5) is 0 Å². The molecular weight excluding hydrogens is 290 g/mol. The fraction of sp³-hybridized carbons (Fsp3) is 1.00. The lowest BCUT2D eigenvalue weighted by atomic mass is 10.2. The third-order valence-electron chi connectivity index (χ3n) is 1.52. The molecular formula is C11H26O6P2. The van der Waals surface area contributed by atoms with E-state index in [-0.39, 0.29) is 6.79 Å². The smallest absolute Gasteiger partial charge is 0.336 e. The SMILES string of the molecule is CC(C)(C)OCOP(C)(=O)OP(C)(=O)OC(C)(C)C. The first kappa shape index (κ1) is 19.3. The van der Waals surface area contributed by atoms with Gasteiger partial charge in [0.05, 0.1) is 11.2 Å². The molecule has 0 N–H and O–H groups in total. The maximum absolute atomic E-state index is 12.1. The van der Waals surface area contributed by atoms with Crippen molar-refractivity contribution in [2.24, 2.45) is 0 Å². The Kier molecular flexibility index (Phi) is 6.48. The summed E-state index contributed by atoms with van der Waals surface area (Å²) in [6.07, 6.45) is 0. The normalized spacial score (nSPS) is 19.8. The Morgan fingerprint density at radius 2 is 1.32 bits per heavy atom. The zero-order chi connectivity index (χ0) is 15.5. The molecule has 0 amide bonds. The number of ether oxygens (including phenoxy) is 1. The van der Waals surface area contributed by atoms with Crippen LogP contribution in [0.5, 0.6) is 0 Å². The summed E-state index contributed by atoms with van der Waals surface area (Å²) >= 11 is 0. The van der Waals surface area contributed by atoms with Gasteiger partial charge in [-0.3, -0.25) is 13.7 Å². The van der Waals surface area contributed by atoms with Crippen molar-refractivity contribution >= 4 is 15.2 Å². The van der Waals surface area contributed by atoms with Crippen molar-refractivity contribution in [3.63, 3.8) is 0 Å². The number of rotatable bonds is 6. The summed E-state index contributed by atoms with van der Waals surface area (Å²) in [7, 11) is -6.96. The summed E-state index contributed by atoms with van der Waals surface area (Å²) in [6, 6.07) is 0. The average Bonchev–Trinajstić information content (AvgIpc) is 1.90. The topological polar surface area (TPSA) is 71.1 Å². The fourth-order valence-corrected chi connectivity index (χ4v) is 4.82. The first-order valence-corrected chi connectivity index (χ1v) is 9.96. The van der Waals surface area contributed by atoms with Gasteiger partial charge >= 0.3 is 15.2 Å². The van der Waals surface area contributed by atoms with Crippen molar-refractivity contribution in [2.75, 3.05) is 20.1 Å². The van der Waals surface area contributed by atoms with Gasteiger partial charge in [0.25, 0.3) is 0 Å². The number of hydrogen-bond acceptors (Lipinski definition) is 6. The Balaban J connectivity index is 4.44. The van der Waals surface area contributed by atoms with E-state index in [0.29, 0.717) is 0 Å². The molecule has 0 aliphatic carbocycles. The second kappa shape index (κ2) is 6.38. The third kappa shape index (κ3) is 11.8. The Bertz CT molecular complexity index is 380. The van der Waals surface area contributed by atoms with Crippen LogP contribution in [0.2, 0.25) is 0 Å². The monoisotopic (exact) mass is 316 g/mol. The quantitative estimate of drug-likeness (QED) is 0.539. The summed E-state index contributed by atoms with van der Waals surface area (Å²) < 4.78 is 44.6. The minimum Gasteiger partial charge on any atom is -0.349 e. The van der Waals surface area contributed by atoms with Crippen molar-refractivity contribution < 1.29 is 27.2 Å². The maximum atomic E-state index is 12.1. The van der Waals surface area contributed by atoms with Crippen LogP contribution in [0.15, 0.2) is 0 Å². The van der Waals surface area contributed by atoms with Gasteiger partial charge in [-0.1, -0.05) is 0 Å². The second-order valence-corrected chi connectivity index (χ2v) is 10.5. The van der Waals surface area contributed by atoms with Crippen LogP contribution in [-0.4, -0.2) is 31.3 Å². The highest BCUT2D eigenvalue weighted by Crippen LogP contribution is 2.62. The van der Waals surface area contributed by atoms with Crippen LogP contribution in [0.1, 0.15) is 41.5 Å². The Labute approximate surface area is 116 Å². The molecule has 19 heavy (non-hydrogen) atoms. The minimum absolute atomic E-state index is 0.202. The maximum Gasteiger partial charge on any atom is 0.336 e. The summed E-state index contributed by atoms with van der Waals surface area (Å²) in [5.74, 6) is 0. The van der Waals surface area contributed by atoms with Gasteiger partial charge in [-0.05, 0) is 41.5 Å². The number of hydrogen-bond donors (Lipinski definition) is 0. The summed E-state index contributed by atoms with van der Waals surface area (Å²) in [6.45, 7) is 13.0. The van der Waals surface area contributed by atoms with Gasteiger partial charge in [0.2, 0.25) is 0 Å². The third-order valence-corrected chi connectivity index (χ3v) is 5.34. The molecule has 2 unspecified atom stereocenters. The van der Waals surface area contributed by atoms with E-state index in [1.807, 2.05) is 20.8 Å². The van der Waals surface area contributed by atoms with Crippen LogP contribution in [0.3, 0.4) is 0 Å². The summed E-state index contributed by atoms with van der Waals surface area (Å²) in [5, 5.41) is 0. The molecule has 0 heterocycles. The van der Waals surface area contributed by atoms with E-state index in [9.17, 15) is 9.13 Å². The molecule has 0 saturated carbocycles. The van der Waals surface area contributed by atoms with E-state index in [1.54, 1.807) is 20.8 Å². The predicted molar refractivity (Wildman–Crippen MR) is 75.8 cm³/mol. The molecule has 0 spiro atoms. The minimum atomic E-state index is -3.50. The van der Waals surface area contributed by atoms with E-state index in [1.165, 1.54) is 13.3 Å². The van der Waals surface area contributed by atoms with Crippen LogP contribution < -0.4 is 0 Å². The van der Waals surface area contributed by atoms with Crippen LogP contribution in [0.25, 0.3) is 0 Å². The highest BCUT2D eigenvalue weighted by atomic mass is 31.3. The van der Waals surface area contributed by atoms with Crippen LogP contribution >= 0.6 is 15.2 Å². The average molecular weight is 316 g/mol. The summed E-state index contributed by atoms with van der Waals surface area (Å²) in [4.78, 5) is 0. The highest BCUT2D eigenvalue weighted by Gasteiger charge is 2.33. The van der Waals surface area contributed by atoms with Gasteiger partial charge in [0.15, 0.2) is 6.79 Å². The Hall–Kier alpha value is 0.300. The zero-order valence-corrected chi connectivity index (χ0v) is 14.8. The van der Waals surface area contributed by atoms with Crippen LogP contribution in [0, 0.1) is 0 Å². The lowest BCUT2D eigenvalue weighted by Crippen LogP contribution is -2.21. The molecule has 0 aromatic carbocycles. The lowest BCUT2D eigenvalue weighted by Gasteiger charge is -2.27. The molecule has 0 aromatic rings. The molecule has 0 aromatic heterocycles. The predicted octanol–water partition coefficient (Wildman–Crippen LogP) is 4.25.